The molecule has 162 valence electrons. The second-order valence-corrected chi connectivity index (χ2v) is 7.67. The summed E-state index contributed by atoms with van der Waals surface area (Å²) >= 11 is 0. The molecule has 0 radical (unpaired) electrons. The number of hydrogen-bond acceptors (Lipinski definition) is 8. The average Bonchev–Trinajstić information content (AvgIpc) is 2.74. The zero-order valence-corrected chi connectivity index (χ0v) is 18.0. The normalized spacial score (nSPS) is 20.6. The average molecular weight is 425 g/mol. The lowest BCUT2D eigenvalue weighted by atomic mass is 10.1. The fourth-order valence-electron chi connectivity index (χ4n) is 3.41. The van der Waals surface area contributed by atoms with Gasteiger partial charge in [-0.3, -0.25) is 19.6 Å². The molecule has 1 aliphatic heterocycles. The third kappa shape index (κ3) is 7.06. The summed E-state index contributed by atoms with van der Waals surface area (Å²) < 4.78 is 18.5. The van der Waals surface area contributed by atoms with Gasteiger partial charge in [0.05, 0.1) is 4.92 Å². The summed E-state index contributed by atoms with van der Waals surface area (Å²) in [7, 11) is -0.189. The maximum Gasteiger partial charge on any atom is 0.269 e. The molecular formula is C19H32N5O4P. The van der Waals surface area contributed by atoms with Gasteiger partial charge < -0.3 is 20.7 Å². The standard InChI is InChI=1S/C19H32N5O4P/c1-2-28-19(29-27,17-5-7-18(8-6-17)24(25)26)23-15-4-11-21-13-12-20-9-3-10-22-14-16-23/h5-8,20-22H,2-4,9-16H2,1H3. The molecule has 1 heterocycles. The Kier molecular flexibility index (Phi) is 10.6. The minimum absolute atomic E-state index is 0.00203. The van der Waals surface area contributed by atoms with E-state index in [2.05, 4.69) is 20.9 Å². The number of ether oxygens (including phenoxy) is 1. The number of nitro benzene ring substituents is 1. The molecule has 0 aliphatic carbocycles. The van der Waals surface area contributed by atoms with Gasteiger partial charge in [0.25, 0.3) is 5.69 Å². The quantitative estimate of drug-likeness (QED) is 0.360. The van der Waals surface area contributed by atoms with Crippen LogP contribution in [-0.2, 0) is 14.8 Å². The molecule has 1 aliphatic rings. The van der Waals surface area contributed by atoms with Crippen LogP contribution in [0.25, 0.3) is 0 Å². The number of non-ortho nitro benzene ring substituents is 1. The molecule has 1 fully saturated rings. The third-order valence-electron chi connectivity index (χ3n) is 4.88. The molecule has 1 aromatic rings. The molecule has 0 aromatic heterocycles. The number of nitrogens with one attached hydrogen (secondary N) is 3. The highest BCUT2D eigenvalue weighted by Gasteiger charge is 2.40. The lowest BCUT2D eigenvalue weighted by Crippen LogP contribution is -2.48. The van der Waals surface area contributed by atoms with E-state index in [1.807, 2.05) is 6.92 Å². The Balaban J connectivity index is 2.24. The fraction of sp³-hybridized carbons (Fsp3) is 0.684. The molecule has 3 N–H and O–H groups in total. The van der Waals surface area contributed by atoms with Crippen LogP contribution < -0.4 is 16.0 Å². The molecule has 1 atom stereocenters. The van der Waals surface area contributed by atoms with Crippen molar-refractivity contribution >= 4 is 14.1 Å². The number of nitrogens with zero attached hydrogens (tertiary/aromatic N) is 2. The Labute approximate surface area is 173 Å². The fourth-order valence-corrected chi connectivity index (χ4v) is 4.16. The van der Waals surface area contributed by atoms with Crippen LogP contribution in [0.3, 0.4) is 0 Å². The zero-order valence-electron chi connectivity index (χ0n) is 17.1. The molecule has 1 aromatic carbocycles. The van der Waals surface area contributed by atoms with E-state index >= 15 is 0 Å². The predicted octanol–water partition coefficient (Wildman–Crippen LogP) is 1.90. The van der Waals surface area contributed by atoms with Gasteiger partial charge in [-0.2, -0.15) is 0 Å². The SMILES string of the molecule is CCOC(P=O)(c1ccc([N+](=O)[O-])cc1)N1CCCNCCNCCCNCC1. The molecule has 0 spiro atoms. The Morgan fingerprint density at radius 2 is 1.66 bits per heavy atom. The van der Waals surface area contributed by atoms with Gasteiger partial charge in [0.2, 0.25) is 13.9 Å². The van der Waals surface area contributed by atoms with E-state index in [4.69, 9.17) is 4.74 Å². The Morgan fingerprint density at radius 1 is 1.03 bits per heavy atom. The van der Waals surface area contributed by atoms with Crippen LogP contribution in [0.1, 0.15) is 25.3 Å². The summed E-state index contributed by atoms with van der Waals surface area (Å²) in [5.74, 6) is 0. The second kappa shape index (κ2) is 13.0. The van der Waals surface area contributed by atoms with Crippen molar-refractivity contribution in [2.45, 2.75) is 25.2 Å². The summed E-state index contributed by atoms with van der Waals surface area (Å²) in [5.41, 5.74) is -0.508. The minimum Gasteiger partial charge on any atom is -0.346 e. The summed E-state index contributed by atoms with van der Waals surface area (Å²) in [6, 6.07) is 6.15. The summed E-state index contributed by atoms with van der Waals surface area (Å²) in [5, 5.41) is 21.3. The van der Waals surface area contributed by atoms with Crippen LogP contribution in [0, 0.1) is 10.1 Å². The van der Waals surface area contributed by atoms with Crippen LogP contribution in [0.2, 0.25) is 0 Å². The van der Waals surface area contributed by atoms with E-state index in [-0.39, 0.29) is 14.1 Å². The molecule has 1 saturated heterocycles. The van der Waals surface area contributed by atoms with Crippen molar-refractivity contribution in [1.29, 1.82) is 0 Å². The third-order valence-corrected chi connectivity index (χ3v) is 5.80. The van der Waals surface area contributed by atoms with Crippen molar-refractivity contribution in [2.75, 3.05) is 59.0 Å². The van der Waals surface area contributed by atoms with Gasteiger partial charge >= 0.3 is 0 Å². The predicted molar refractivity (Wildman–Crippen MR) is 113 cm³/mol. The van der Waals surface area contributed by atoms with Gasteiger partial charge in [-0.15, -0.1) is 0 Å². The largest absolute Gasteiger partial charge is 0.346 e. The van der Waals surface area contributed by atoms with E-state index in [1.165, 1.54) is 12.1 Å². The summed E-state index contributed by atoms with van der Waals surface area (Å²) in [6.07, 6.45) is 1.91. The Morgan fingerprint density at radius 3 is 2.24 bits per heavy atom. The Hall–Kier alpha value is -1.48. The van der Waals surface area contributed by atoms with Crippen molar-refractivity contribution in [3.63, 3.8) is 0 Å². The van der Waals surface area contributed by atoms with Crippen LogP contribution in [-0.4, -0.2) is 68.8 Å². The van der Waals surface area contributed by atoms with E-state index in [0.29, 0.717) is 25.3 Å². The zero-order chi connectivity index (χ0) is 21.0. The molecule has 9 nitrogen and oxygen atoms in total. The highest BCUT2D eigenvalue weighted by atomic mass is 31.1. The first-order chi connectivity index (χ1) is 14.1. The first-order valence-corrected chi connectivity index (χ1v) is 11.1. The van der Waals surface area contributed by atoms with Crippen molar-refractivity contribution in [3.05, 3.63) is 39.9 Å². The van der Waals surface area contributed by atoms with E-state index in [9.17, 15) is 14.7 Å². The monoisotopic (exact) mass is 425 g/mol. The molecule has 0 saturated carbocycles. The smallest absolute Gasteiger partial charge is 0.269 e. The first-order valence-electron chi connectivity index (χ1n) is 10.2. The second-order valence-electron chi connectivity index (χ2n) is 6.88. The molecule has 0 bridgehead atoms. The number of rotatable bonds is 6. The van der Waals surface area contributed by atoms with Gasteiger partial charge in [0.1, 0.15) is 0 Å². The van der Waals surface area contributed by atoms with E-state index < -0.39 is 10.4 Å². The lowest BCUT2D eigenvalue weighted by Gasteiger charge is -2.39. The van der Waals surface area contributed by atoms with Crippen molar-refractivity contribution in [3.8, 4) is 0 Å². The lowest BCUT2D eigenvalue weighted by molar-refractivity contribution is -0.384. The van der Waals surface area contributed by atoms with Gasteiger partial charge in [0.15, 0.2) is 0 Å². The number of hydrogen-bond donors (Lipinski definition) is 3. The summed E-state index contributed by atoms with van der Waals surface area (Å²) in [4.78, 5) is 12.6. The highest BCUT2D eigenvalue weighted by Crippen LogP contribution is 2.40. The molecule has 10 heteroatoms. The first kappa shape index (κ1) is 23.8. The topological polar surface area (TPSA) is 109 Å². The van der Waals surface area contributed by atoms with Crippen molar-refractivity contribution in [2.24, 2.45) is 0 Å². The van der Waals surface area contributed by atoms with Gasteiger partial charge in [-0.25, -0.2) is 0 Å². The highest BCUT2D eigenvalue weighted by molar-refractivity contribution is 7.25. The molecule has 2 rings (SSSR count). The minimum atomic E-state index is -1.16. The maximum absolute atomic E-state index is 12.5. The van der Waals surface area contributed by atoms with Gasteiger partial charge in [-0.05, 0) is 51.5 Å². The van der Waals surface area contributed by atoms with Crippen LogP contribution in [0.5, 0.6) is 0 Å². The van der Waals surface area contributed by atoms with Crippen molar-refractivity contribution in [1.82, 2.24) is 20.9 Å². The van der Waals surface area contributed by atoms with Gasteiger partial charge in [0, 0.05) is 57.0 Å². The molecule has 29 heavy (non-hydrogen) atoms. The number of benzene rings is 1. The van der Waals surface area contributed by atoms with E-state index in [1.54, 1.807) is 12.1 Å². The van der Waals surface area contributed by atoms with Gasteiger partial charge in [-0.1, -0.05) is 0 Å². The van der Waals surface area contributed by atoms with Crippen LogP contribution in [0.15, 0.2) is 24.3 Å². The van der Waals surface area contributed by atoms with Crippen molar-refractivity contribution < 1.29 is 14.2 Å². The van der Waals surface area contributed by atoms with Crippen LogP contribution in [0.4, 0.5) is 5.69 Å². The Bertz CT molecular complexity index is 620. The number of nitro groups is 1. The molecular weight excluding hydrogens is 393 g/mol. The summed E-state index contributed by atoms with van der Waals surface area (Å²) in [6.45, 7) is 8.90. The molecule has 1 unspecified atom stereocenters. The maximum atomic E-state index is 12.5. The van der Waals surface area contributed by atoms with E-state index in [0.717, 1.165) is 52.1 Å². The molecule has 0 amide bonds. The van der Waals surface area contributed by atoms with Crippen LogP contribution >= 0.6 is 8.46 Å².